The molecule has 2 atom stereocenters. The van der Waals surface area contributed by atoms with Crippen molar-refractivity contribution < 1.29 is 17.7 Å². The van der Waals surface area contributed by atoms with Gasteiger partial charge in [0, 0.05) is 16.1 Å². The molecule has 1 aliphatic heterocycles. The minimum absolute atomic E-state index is 0.0652. The second kappa shape index (κ2) is 8.65. The molecule has 0 fully saturated rings. The van der Waals surface area contributed by atoms with Crippen molar-refractivity contribution >= 4 is 27.4 Å². The summed E-state index contributed by atoms with van der Waals surface area (Å²) < 4.78 is 41.0. The SMILES string of the molecule is CC[C@H](CC1N=C(c2ccc(Cl)cc2)c2cc(OC)ccc2-n2c(C)nnc21)S(=O)(=O)O. The zero-order valence-electron chi connectivity index (χ0n) is 17.9. The number of nitrogens with zero attached hydrogens (tertiary/aromatic N) is 4. The van der Waals surface area contributed by atoms with Crippen LogP contribution < -0.4 is 4.74 Å². The first-order chi connectivity index (χ1) is 15.2. The molecule has 168 valence electrons. The third kappa shape index (κ3) is 4.15. The molecule has 4 rings (SSSR count). The van der Waals surface area contributed by atoms with E-state index in [0.717, 1.165) is 16.8 Å². The second-order valence-electron chi connectivity index (χ2n) is 7.61. The molecule has 0 amide bonds. The lowest BCUT2D eigenvalue weighted by atomic mass is 10.00. The van der Waals surface area contributed by atoms with Gasteiger partial charge in [0.05, 0.1) is 23.8 Å². The Hall–Kier alpha value is -2.75. The molecule has 2 aromatic carbocycles. The molecule has 1 N–H and O–H groups in total. The van der Waals surface area contributed by atoms with Gasteiger partial charge in [0.15, 0.2) is 5.82 Å². The summed E-state index contributed by atoms with van der Waals surface area (Å²) >= 11 is 6.10. The molecule has 32 heavy (non-hydrogen) atoms. The molecule has 0 radical (unpaired) electrons. The minimum atomic E-state index is -4.25. The number of hydrogen-bond acceptors (Lipinski definition) is 6. The third-order valence-electron chi connectivity index (χ3n) is 5.61. The second-order valence-corrected chi connectivity index (χ2v) is 9.74. The van der Waals surface area contributed by atoms with Crippen LogP contribution in [0.1, 0.15) is 48.6 Å². The Labute approximate surface area is 191 Å². The van der Waals surface area contributed by atoms with Gasteiger partial charge in [0.25, 0.3) is 10.1 Å². The van der Waals surface area contributed by atoms with E-state index in [-0.39, 0.29) is 12.8 Å². The molecule has 2 heterocycles. The van der Waals surface area contributed by atoms with Crippen LogP contribution in [-0.2, 0) is 10.1 Å². The van der Waals surface area contributed by atoms with Gasteiger partial charge in [-0.1, -0.05) is 30.7 Å². The summed E-state index contributed by atoms with van der Waals surface area (Å²) in [4.78, 5) is 4.97. The summed E-state index contributed by atoms with van der Waals surface area (Å²) in [5.74, 6) is 1.81. The molecule has 0 saturated carbocycles. The maximum absolute atomic E-state index is 12.0. The summed E-state index contributed by atoms with van der Waals surface area (Å²) in [5.41, 5.74) is 3.05. The highest BCUT2D eigenvalue weighted by atomic mass is 35.5. The third-order valence-corrected chi connectivity index (χ3v) is 7.23. The van der Waals surface area contributed by atoms with Gasteiger partial charge >= 0.3 is 0 Å². The molecule has 0 saturated heterocycles. The van der Waals surface area contributed by atoms with Crippen LogP contribution >= 0.6 is 11.6 Å². The van der Waals surface area contributed by atoms with Crippen LogP contribution in [0.5, 0.6) is 5.75 Å². The number of methoxy groups -OCH3 is 1. The van der Waals surface area contributed by atoms with Crippen LogP contribution in [0.3, 0.4) is 0 Å². The summed E-state index contributed by atoms with van der Waals surface area (Å²) in [6.45, 7) is 3.55. The number of ether oxygens (including phenoxy) is 1. The first kappa shape index (κ1) is 22.4. The molecular weight excluding hydrogens is 452 g/mol. The predicted molar refractivity (Wildman–Crippen MR) is 123 cm³/mol. The minimum Gasteiger partial charge on any atom is -0.497 e. The van der Waals surface area contributed by atoms with Crippen molar-refractivity contribution in [2.24, 2.45) is 4.99 Å². The van der Waals surface area contributed by atoms with Gasteiger partial charge < -0.3 is 4.74 Å². The van der Waals surface area contributed by atoms with Gasteiger partial charge in [-0.25, -0.2) is 0 Å². The van der Waals surface area contributed by atoms with Crippen LogP contribution in [0.15, 0.2) is 47.5 Å². The molecule has 1 unspecified atom stereocenters. The Morgan fingerprint density at radius 3 is 2.53 bits per heavy atom. The number of aliphatic imine (C=N–C) groups is 1. The highest BCUT2D eigenvalue weighted by molar-refractivity contribution is 7.86. The molecule has 10 heteroatoms. The molecular formula is C22H23ClN4O4S. The molecule has 0 spiro atoms. The Kier molecular flexibility index (Phi) is 6.07. The summed E-state index contributed by atoms with van der Waals surface area (Å²) in [6, 6.07) is 12.3. The first-order valence-electron chi connectivity index (χ1n) is 10.1. The van der Waals surface area contributed by atoms with Gasteiger partial charge in [-0.3, -0.25) is 14.1 Å². The maximum atomic E-state index is 12.0. The highest BCUT2D eigenvalue weighted by Crippen LogP contribution is 2.36. The smallest absolute Gasteiger partial charge is 0.267 e. The lowest BCUT2D eigenvalue weighted by Gasteiger charge is -2.17. The normalized spacial score (nSPS) is 16.5. The van der Waals surface area contributed by atoms with Gasteiger partial charge in [0.1, 0.15) is 17.6 Å². The number of halogens is 1. The Balaban J connectivity index is 1.98. The van der Waals surface area contributed by atoms with Crippen LogP contribution in [0.4, 0.5) is 0 Å². The molecule has 8 nitrogen and oxygen atoms in total. The number of benzene rings is 2. The standard InChI is InChI=1S/C22H23ClN4O4S/c1-4-17(32(28,29)30)12-19-22-26-25-13(2)27(22)20-10-9-16(31-3)11-18(20)21(24-19)14-5-7-15(23)8-6-14/h5-11,17,19H,4,12H2,1-3H3,(H,28,29,30)/t17-,19?/m1/s1. The number of hydrogen-bond donors (Lipinski definition) is 1. The quantitative estimate of drug-likeness (QED) is 0.537. The molecule has 1 aromatic heterocycles. The van der Waals surface area contributed by atoms with E-state index >= 15 is 0 Å². The van der Waals surface area contributed by atoms with E-state index in [9.17, 15) is 13.0 Å². The number of fused-ring (bicyclic) bond motifs is 3. The average Bonchev–Trinajstić information content (AvgIpc) is 3.08. The monoisotopic (exact) mass is 474 g/mol. The van der Waals surface area contributed by atoms with Crippen molar-refractivity contribution in [1.29, 1.82) is 0 Å². The van der Waals surface area contributed by atoms with Gasteiger partial charge in [-0.05, 0) is 50.1 Å². The molecule has 1 aliphatic rings. The first-order valence-corrected chi connectivity index (χ1v) is 12.0. The van der Waals surface area contributed by atoms with Gasteiger partial charge in [0.2, 0.25) is 0 Å². The molecule has 0 bridgehead atoms. The highest BCUT2D eigenvalue weighted by Gasteiger charge is 2.33. The van der Waals surface area contributed by atoms with E-state index in [1.54, 1.807) is 26.2 Å². The summed E-state index contributed by atoms with van der Waals surface area (Å²) in [7, 11) is -2.66. The van der Waals surface area contributed by atoms with Gasteiger partial charge in [-0.15, -0.1) is 10.2 Å². The Morgan fingerprint density at radius 2 is 1.91 bits per heavy atom. The fourth-order valence-electron chi connectivity index (χ4n) is 3.95. The fourth-order valence-corrected chi connectivity index (χ4v) is 4.92. The van der Waals surface area contributed by atoms with Crippen molar-refractivity contribution in [1.82, 2.24) is 14.8 Å². The largest absolute Gasteiger partial charge is 0.497 e. The molecule has 3 aromatic rings. The van der Waals surface area contributed by atoms with Crippen molar-refractivity contribution in [2.75, 3.05) is 7.11 Å². The van der Waals surface area contributed by atoms with Crippen molar-refractivity contribution in [3.05, 3.63) is 70.3 Å². The van der Waals surface area contributed by atoms with Crippen molar-refractivity contribution in [3.63, 3.8) is 0 Å². The van der Waals surface area contributed by atoms with Crippen LogP contribution in [0, 0.1) is 6.92 Å². The zero-order chi connectivity index (χ0) is 23.0. The summed E-state index contributed by atoms with van der Waals surface area (Å²) in [6.07, 6.45) is 0.310. The van der Waals surface area contributed by atoms with E-state index < -0.39 is 21.4 Å². The summed E-state index contributed by atoms with van der Waals surface area (Å²) in [5, 5.41) is 8.16. The van der Waals surface area contributed by atoms with E-state index in [2.05, 4.69) is 10.2 Å². The van der Waals surface area contributed by atoms with E-state index in [1.165, 1.54) is 0 Å². The fraction of sp³-hybridized carbons (Fsp3) is 0.318. The van der Waals surface area contributed by atoms with Crippen molar-refractivity contribution in [2.45, 2.75) is 38.0 Å². The lowest BCUT2D eigenvalue weighted by Crippen LogP contribution is -2.23. The Bertz CT molecular complexity index is 1290. The maximum Gasteiger partial charge on any atom is 0.267 e. The van der Waals surface area contributed by atoms with Gasteiger partial charge in [-0.2, -0.15) is 8.42 Å². The van der Waals surface area contributed by atoms with Crippen LogP contribution in [0.2, 0.25) is 5.02 Å². The molecule has 0 aliphatic carbocycles. The van der Waals surface area contributed by atoms with Crippen molar-refractivity contribution in [3.8, 4) is 11.4 Å². The lowest BCUT2D eigenvalue weighted by molar-refractivity contribution is 0.414. The van der Waals surface area contributed by atoms with E-state index in [0.29, 0.717) is 28.1 Å². The number of rotatable bonds is 6. The Morgan fingerprint density at radius 1 is 1.19 bits per heavy atom. The van der Waals surface area contributed by atoms with Crippen LogP contribution in [0.25, 0.3) is 5.69 Å². The number of aromatic nitrogens is 3. The number of aryl methyl sites for hydroxylation is 1. The van der Waals surface area contributed by atoms with Crippen LogP contribution in [-0.4, -0.2) is 45.8 Å². The van der Waals surface area contributed by atoms with E-state index in [4.69, 9.17) is 21.3 Å². The average molecular weight is 475 g/mol. The van der Waals surface area contributed by atoms with E-state index in [1.807, 2.05) is 41.8 Å². The zero-order valence-corrected chi connectivity index (χ0v) is 19.4. The predicted octanol–water partition coefficient (Wildman–Crippen LogP) is 4.19. The topological polar surface area (TPSA) is 107 Å².